The van der Waals surface area contributed by atoms with Crippen molar-refractivity contribution in [1.82, 2.24) is 9.71 Å². The molecule has 0 spiro atoms. The van der Waals surface area contributed by atoms with Gasteiger partial charge in [-0.3, -0.25) is 4.98 Å². The summed E-state index contributed by atoms with van der Waals surface area (Å²) in [5, 5.41) is 0. The number of hydrogen-bond donors (Lipinski definition) is 2. The molecule has 8 heteroatoms. The van der Waals surface area contributed by atoms with Gasteiger partial charge in [-0.05, 0) is 18.6 Å². The van der Waals surface area contributed by atoms with Crippen LogP contribution in [0, 0.1) is 6.92 Å². The van der Waals surface area contributed by atoms with Gasteiger partial charge in [0.25, 0.3) is 0 Å². The van der Waals surface area contributed by atoms with Gasteiger partial charge in [0, 0.05) is 29.0 Å². The number of thiazole rings is 1. The Balaban J connectivity index is 2.14. The van der Waals surface area contributed by atoms with E-state index in [4.69, 9.17) is 5.73 Å². The van der Waals surface area contributed by atoms with Crippen molar-refractivity contribution >= 4 is 32.7 Å². The van der Waals surface area contributed by atoms with Gasteiger partial charge in [0.2, 0.25) is 10.0 Å². The molecule has 0 aliphatic rings. The minimum Gasteiger partial charge on any atom is -0.326 e. The van der Waals surface area contributed by atoms with Gasteiger partial charge >= 0.3 is 0 Å². The molecule has 0 saturated carbocycles. The Hall–Kier alpha value is -0.800. The molecule has 0 aliphatic carbocycles. The third kappa shape index (κ3) is 2.96. The van der Waals surface area contributed by atoms with Crippen molar-refractivity contribution in [3.8, 4) is 0 Å². The number of sulfonamides is 1. The Morgan fingerprint density at radius 2 is 2.28 bits per heavy atom. The van der Waals surface area contributed by atoms with E-state index in [9.17, 15) is 8.42 Å². The Morgan fingerprint density at radius 1 is 1.50 bits per heavy atom. The van der Waals surface area contributed by atoms with E-state index in [2.05, 4.69) is 9.71 Å². The lowest BCUT2D eigenvalue weighted by atomic mass is 10.3. The van der Waals surface area contributed by atoms with Crippen molar-refractivity contribution in [2.45, 2.75) is 24.2 Å². The van der Waals surface area contributed by atoms with Crippen molar-refractivity contribution in [2.24, 2.45) is 5.73 Å². The molecule has 2 aromatic rings. The first kappa shape index (κ1) is 13.6. The molecule has 0 aliphatic heterocycles. The summed E-state index contributed by atoms with van der Waals surface area (Å²) >= 11 is 2.63. The molecule has 98 valence electrons. The molecule has 2 heterocycles. The van der Waals surface area contributed by atoms with Gasteiger partial charge in [-0.15, -0.1) is 22.7 Å². The summed E-state index contributed by atoms with van der Waals surface area (Å²) in [6.45, 7) is 2.49. The minimum atomic E-state index is -3.46. The number of nitrogens with two attached hydrogens (primary N) is 1. The number of aromatic nitrogens is 1. The molecule has 0 atom stereocenters. The third-order valence-electron chi connectivity index (χ3n) is 2.37. The lowest BCUT2D eigenvalue weighted by Gasteiger charge is -2.02. The van der Waals surface area contributed by atoms with Crippen molar-refractivity contribution in [3.05, 3.63) is 33.1 Å². The number of nitrogens with one attached hydrogen (secondary N) is 1. The van der Waals surface area contributed by atoms with Gasteiger partial charge in [0.1, 0.15) is 4.21 Å². The lowest BCUT2D eigenvalue weighted by molar-refractivity contribution is 0.584. The van der Waals surface area contributed by atoms with Crippen LogP contribution in [0.3, 0.4) is 0 Å². The predicted octanol–water partition coefficient (Wildman–Crippen LogP) is 1.45. The molecule has 0 bridgehead atoms. The number of hydrogen-bond acceptors (Lipinski definition) is 6. The Labute approximate surface area is 114 Å². The number of nitrogens with zero attached hydrogens (tertiary/aromatic N) is 1. The molecule has 0 fully saturated rings. The topological polar surface area (TPSA) is 85.1 Å². The molecule has 2 aromatic heterocycles. The molecule has 0 aromatic carbocycles. The van der Waals surface area contributed by atoms with Crippen LogP contribution in [0.2, 0.25) is 0 Å². The second-order valence-corrected chi connectivity index (χ2v) is 7.77. The fourth-order valence-corrected chi connectivity index (χ4v) is 4.54. The number of aryl methyl sites for hydroxylation is 1. The van der Waals surface area contributed by atoms with Gasteiger partial charge in [-0.1, -0.05) is 0 Å². The van der Waals surface area contributed by atoms with Crippen LogP contribution < -0.4 is 10.5 Å². The molecule has 0 amide bonds. The summed E-state index contributed by atoms with van der Waals surface area (Å²) in [7, 11) is -3.46. The summed E-state index contributed by atoms with van der Waals surface area (Å²) in [6, 6.07) is 1.65. The van der Waals surface area contributed by atoms with Gasteiger partial charge < -0.3 is 5.73 Å². The zero-order valence-corrected chi connectivity index (χ0v) is 12.2. The Bertz CT molecular complexity index is 617. The number of rotatable bonds is 5. The maximum atomic E-state index is 12.1. The molecular weight excluding hydrogens is 290 g/mol. The first-order valence-electron chi connectivity index (χ1n) is 5.19. The second-order valence-electron chi connectivity index (χ2n) is 3.67. The molecule has 0 unspecified atom stereocenters. The molecule has 5 nitrogen and oxygen atoms in total. The first-order chi connectivity index (χ1) is 8.53. The average Bonchev–Trinajstić information content (AvgIpc) is 2.95. The van der Waals surface area contributed by atoms with Crippen molar-refractivity contribution in [2.75, 3.05) is 0 Å². The summed E-state index contributed by atoms with van der Waals surface area (Å²) in [5.74, 6) is 0. The maximum Gasteiger partial charge on any atom is 0.250 e. The summed E-state index contributed by atoms with van der Waals surface area (Å²) in [5.41, 5.74) is 8.14. The predicted molar refractivity (Wildman–Crippen MR) is 73.1 cm³/mol. The Kier molecular flexibility index (Phi) is 4.13. The largest absolute Gasteiger partial charge is 0.326 e. The van der Waals surface area contributed by atoms with E-state index in [0.717, 1.165) is 15.3 Å². The van der Waals surface area contributed by atoms with Crippen LogP contribution in [0.5, 0.6) is 0 Å². The summed E-state index contributed by atoms with van der Waals surface area (Å²) < 4.78 is 27.0. The SMILES string of the molecule is Cc1cc(S(=O)(=O)NCc2cncs2)sc1CN. The van der Waals surface area contributed by atoms with Crippen LogP contribution in [0.15, 0.2) is 22.0 Å². The molecule has 2 rings (SSSR count). The van der Waals surface area contributed by atoms with E-state index in [1.807, 2.05) is 6.92 Å². The normalized spacial score (nSPS) is 11.9. The zero-order valence-electron chi connectivity index (χ0n) is 9.71. The van der Waals surface area contributed by atoms with Crippen LogP contribution in [0.25, 0.3) is 0 Å². The van der Waals surface area contributed by atoms with Crippen LogP contribution >= 0.6 is 22.7 Å². The zero-order chi connectivity index (χ0) is 13.2. The molecule has 0 radical (unpaired) electrons. The van der Waals surface area contributed by atoms with E-state index in [1.165, 1.54) is 22.7 Å². The molecule has 3 N–H and O–H groups in total. The lowest BCUT2D eigenvalue weighted by Crippen LogP contribution is -2.21. The fraction of sp³-hybridized carbons (Fsp3) is 0.300. The second kappa shape index (κ2) is 5.45. The quantitative estimate of drug-likeness (QED) is 0.875. The molecule has 18 heavy (non-hydrogen) atoms. The van der Waals surface area contributed by atoms with Crippen LogP contribution in [-0.2, 0) is 23.1 Å². The van der Waals surface area contributed by atoms with Crippen LogP contribution in [0.1, 0.15) is 15.3 Å². The Morgan fingerprint density at radius 3 is 2.83 bits per heavy atom. The van der Waals surface area contributed by atoms with Crippen LogP contribution in [-0.4, -0.2) is 13.4 Å². The van der Waals surface area contributed by atoms with E-state index in [0.29, 0.717) is 10.8 Å². The van der Waals surface area contributed by atoms with Crippen molar-refractivity contribution in [1.29, 1.82) is 0 Å². The maximum absolute atomic E-state index is 12.1. The van der Waals surface area contributed by atoms with Crippen molar-refractivity contribution < 1.29 is 8.42 Å². The highest BCUT2D eigenvalue weighted by molar-refractivity contribution is 7.91. The van der Waals surface area contributed by atoms with Gasteiger partial charge in [0.15, 0.2) is 0 Å². The number of thiophene rings is 1. The van der Waals surface area contributed by atoms with Gasteiger partial charge in [0.05, 0.1) is 5.51 Å². The van der Waals surface area contributed by atoms with E-state index in [-0.39, 0.29) is 6.54 Å². The smallest absolute Gasteiger partial charge is 0.250 e. The first-order valence-corrected chi connectivity index (χ1v) is 8.37. The average molecular weight is 303 g/mol. The molecular formula is C10H13N3O2S3. The van der Waals surface area contributed by atoms with Crippen LogP contribution in [0.4, 0.5) is 0 Å². The van der Waals surface area contributed by atoms with Gasteiger partial charge in [-0.25, -0.2) is 13.1 Å². The van der Waals surface area contributed by atoms with E-state index in [1.54, 1.807) is 17.8 Å². The standard InChI is InChI=1S/C10H13N3O2S3/c1-7-2-10(17-9(7)3-11)18(14,15)13-5-8-4-12-6-16-8/h2,4,6,13H,3,5,11H2,1H3. The highest BCUT2D eigenvalue weighted by Crippen LogP contribution is 2.25. The van der Waals surface area contributed by atoms with Gasteiger partial charge in [-0.2, -0.15) is 0 Å². The minimum absolute atomic E-state index is 0.266. The fourth-order valence-electron chi connectivity index (χ4n) is 1.39. The van der Waals surface area contributed by atoms with Crippen molar-refractivity contribution in [3.63, 3.8) is 0 Å². The monoisotopic (exact) mass is 303 g/mol. The highest BCUT2D eigenvalue weighted by atomic mass is 32.2. The summed E-state index contributed by atoms with van der Waals surface area (Å²) in [6.07, 6.45) is 1.65. The third-order valence-corrected chi connectivity index (χ3v) is 6.28. The highest BCUT2D eigenvalue weighted by Gasteiger charge is 2.18. The molecule has 0 saturated heterocycles. The summed E-state index contributed by atoms with van der Waals surface area (Å²) in [4.78, 5) is 5.67. The van der Waals surface area contributed by atoms with E-state index >= 15 is 0 Å². The van der Waals surface area contributed by atoms with E-state index < -0.39 is 10.0 Å².